The molecule has 3 nitrogen and oxygen atoms in total. The zero-order valence-electron chi connectivity index (χ0n) is 9.75. The molecule has 1 aliphatic heterocycles. The Balaban J connectivity index is 2.11. The van der Waals surface area contributed by atoms with Crippen LogP contribution in [-0.2, 0) is 4.74 Å². The van der Waals surface area contributed by atoms with Crippen molar-refractivity contribution in [3.8, 4) is 0 Å². The van der Waals surface area contributed by atoms with Gasteiger partial charge in [-0.2, -0.15) is 0 Å². The van der Waals surface area contributed by atoms with E-state index >= 15 is 0 Å². The second kappa shape index (κ2) is 6.38. The van der Waals surface area contributed by atoms with Gasteiger partial charge in [-0.25, -0.2) is 0 Å². The topological polar surface area (TPSA) is 24.5 Å². The molecular formula is C11H24N2O. The molecule has 1 saturated heterocycles. The van der Waals surface area contributed by atoms with Gasteiger partial charge < -0.3 is 10.1 Å². The zero-order chi connectivity index (χ0) is 10.4. The summed E-state index contributed by atoms with van der Waals surface area (Å²) in [6.45, 7) is 8.89. The predicted molar refractivity (Wildman–Crippen MR) is 59.6 cm³/mol. The highest BCUT2D eigenvalue weighted by atomic mass is 16.5. The summed E-state index contributed by atoms with van der Waals surface area (Å²) in [5.41, 5.74) is 0. The highest BCUT2D eigenvalue weighted by molar-refractivity contribution is 4.80. The van der Waals surface area contributed by atoms with Crippen LogP contribution < -0.4 is 5.32 Å². The lowest BCUT2D eigenvalue weighted by molar-refractivity contribution is 0.115. The van der Waals surface area contributed by atoms with Gasteiger partial charge in [0.15, 0.2) is 0 Å². The summed E-state index contributed by atoms with van der Waals surface area (Å²) in [4.78, 5) is 2.56. The Morgan fingerprint density at radius 2 is 2.36 bits per heavy atom. The van der Waals surface area contributed by atoms with E-state index in [1.165, 1.54) is 25.9 Å². The minimum atomic E-state index is 0.325. The quantitative estimate of drug-likeness (QED) is 0.695. The van der Waals surface area contributed by atoms with Gasteiger partial charge in [0.2, 0.25) is 0 Å². The van der Waals surface area contributed by atoms with Gasteiger partial charge in [-0.1, -0.05) is 6.92 Å². The number of hydrogen-bond acceptors (Lipinski definition) is 3. The van der Waals surface area contributed by atoms with Crippen LogP contribution in [0.4, 0.5) is 0 Å². The minimum Gasteiger partial charge on any atom is -0.380 e. The Labute approximate surface area is 87.8 Å². The van der Waals surface area contributed by atoms with Gasteiger partial charge in [0.1, 0.15) is 0 Å². The number of likely N-dealkylation sites (N-methyl/N-ethyl adjacent to an activating group) is 1. The fourth-order valence-corrected chi connectivity index (χ4v) is 2.08. The van der Waals surface area contributed by atoms with Crippen LogP contribution >= 0.6 is 0 Å². The molecule has 0 aliphatic carbocycles. The molecule has 1 aliphatic rings. The van der Waals surface area contributed by atoms with Crippen LogP contribution in [0.5, 0.6) is 0 Å². The third kappa shape index (κ3) is 3.56. The molecular weight excluding hydrogens is 176 g/mol. The molecule has 0 amide bonds. The van der Waals surface area contributed by atoms with Crippen LogP contribution in [0.15, 0.2) is 0 Å². The van der Waals surface area contributed by atoms with E-state index in [1.54, 1.807) is 7.11 Å². The number of methoxy groups -OCH3 is 1. The van der Waals surface area contributed by atoms with E-state index in [4.69, 9.17) is 4.74 Å². The monoisotopic (exact) mass is 200 g/mol. The SMILES string of the molecule is CCN1CCC[C@H]1CNC[C@H](C)OC. The molecule has 0 aromatic carbocycles. The second-order valence-corrected chi connectivity index (χ2v) is 4.13. The maximum absolute atomic E-state index is 5.19. The summed E-state index contributed by atoms with van der Waals surface area (Å²) >= 11 is 0. The molecule has 1 fully saturated rings. The normalized spacial score (nSPS) is 25.5. The molecule has 1 N–H and O–H groups in total. The van der Waals surface area contributed by atoms with Gasteiger partial charge in [-0.15, -0.1) is 0 Å². The third-order valence-corrected chi connectivity index (χ3v) is 3.12. The lowest BCUT2D eigenvalue weighted by Crippen LogP contribution is -2.40. The van der Waals surface area contributed by atoms with E-state index in [-0.39, 0.29) is 0 Å². The smallest absolute Gasteiger partial charge is 0.0667 e. The summed E-state index contributed by atoms with van der Waals surface area (Å²) in [6, 6.07) is 0.754. The van der Waals surface area contributed by atoms with Gasteiger partial charge in [0.05, 0.1) is 6.10 Å². The molecule has 0 unspecified atom stereocenters. The van der Waals surface area contributed by atoms with Gasteiger partial charge >= 0.3 is 0 Å². The van der Waals surface area contributed by atoms with Crippen molar-refractivity contribution in [2.75, 3.05) is 33.3 Å². The van der Waals surface area contributed by atoms with Crippen molar-refractivity contribution < 1.29 is 4.74 Å². The van der Waals surface area contributed by atoms with Crippen LogP contribution in [0.25, 0.3) is 0 Å². The lowest BCUT2D eigenvalue weighted by Gasteiger charge is -2.23. The van der Waals surface area contributed by atoms with Crippen molar-refractivity contribution >= 4 is 0 Å². The number of ether oxygens (including phenoxy) is 1. The highest BCUT2D eigenvalue weighted by Crippen LogP contribution is 2.15. The summed E-state index contributed by atoms with van der Waals surface area (Å²) in [5, 5.41) is 3.48. The first-order valence-electron chi connectivity index (χ1n) is 5.75. The average molecular weight is 200 g/mol. The van der Waals surface area contributed by atoms with Gasteiger partial charge in [-0.05, 0) is 32.9 Å². The number of rotatable bonds is 6. The number of hydrogen-bond donors (Lipinski definition) is 1. The molecule has 0 saturated carbocycles. The van der Waals surface area contributed by atoms with E-state index in [0.29, 0.717) is 6.10 Å². The second-order valence-electron chi connectivity index (χ2n) is 4.13. The third-order valence-electron chi connectivity index (χ3n) is 3.12. The summed E-state index contributed by atoms with van der Waals surface area (Å²) < 4.78 is 5.19. The fourth-order valence-electron chi connectivity index (χ4n) is 2.08. The van der Waals surface area contributed by atoms with E-state index in [2.05, 4.69) is 24.1 Å². The first-order chi connectivity index (χ1) is 6.77. The van der Waals surface area contributed by atoms with E-state index in [0.717, 1.165) is 19.1 Å². The molecule has 0 radical (unpaired) electrons. The molecule has 0 bridgehead atoms. The van der Waals surface area contributed by atoms with Crippen LogP contribution in [0.3, 0.4) is 0 Å². The predicted octanol–water partition coefficient (Wildman–Crippen LogP) is 1.10. The Bertz CT molecular complexity index is 152. The summed E-state index contributed by atoms with van der Waals surface area (Å²) in [6.07, 6.45) is 3.04. The highest BCUT2D eigenvalue weighted by Gasteiger charge is 2.22. The standard InChI is InChI=1S/C11H24N2O/c1-4-13-7-5-6-11(13)9-12-8-10(2)14-3/h10-12H,4-9H2,1-3H3/t10-,11-/m0/s1. The van der Waals surface area contributed by atoms with E-state index < -0.39 is 0 Å². The van der Waals surface area contributed by atoms with Gasteiger partial charge in [-0.3, -0.25) is 4.90 Å². The fraction of sp³-hybridized carbons (Fsp3) is 1.00. The average Bonchev–Trinajstić information content (AvgIpc) is 2.65. The first kappa shape index (κ1) is 12.0. The van der Waals surface area contributed by atoms with E-state index in [1.807, 2.05) is 0 Å². The number of likely N-dealkylation sites (tertiary alicyclic amines) is 1. The van der Waals surface area contributed by atoms with Crippen LogP contribution in [-0.4, -0.2) is 50.3 Å². The first-order valence-corrected chi connectivity index (χ1v) is 5.75. The lowest BCUT2D eigenvalue weighted by atomic mass is 10.2. The van der Waals surface area contributed by atoms with Crippen molar-refractivity contribution in [1.82, 2.24) is 10.2 Å². The zero-order valence-corrected chi connectivity index (χ0v) is 9.75. The molecule has 84 valence electrons. The summed E-state index contributed by atoms with van der Waals surface area (Å²) in [5.74, 6) is 0. The molecule has 0 aromatic heterocycles. The Morgan fingerprint density at radius 3 is 3.00 bits per heavy atom. The van der Waals surface area contributed by atoms with Gasteiger partial charge in [0.25, 0.3) is 0 Å². The minimum absolute atomic E-state index is 0.325. The van der Waals surface area contributed by atoms with Crippen molar-refractivity contribution in [3.05, 3.63) is 0 Å². The Hall–Kier alpha value is -0.120. The van der Waals surface area contributed by atoms with Crippen LogP contribution in [0, 0.1) is 0 Å². The maximum atomic E-state index is 5.19. The van der Waals surface area contributed by atoms with Crippen molar-refractivity contribution in [3.63, 3.8) is 0 Å². The molecule has 1 heterocycles. The molecule has 2 atom stereocenters. The summed E-state index contributed by atoms with van der Waals surface area (Å²) in [7, 11) is 1.76. The largest absolute Gasteiger partial charge is 0.380 e. The number of nitrogens with zero attached hydrogens (tertiary/aromatic N) is 1. The van der Waals surface area contributed by atoms with Crippen molar-refractivity contribution in [1.29, 1.82) is 0 Å². The molecule has 0 aromatic rings. The molecule has 1 rings (SSSR count). The Morgan fingerprint density at radius 1 is 1.57 bits per heavy atom. The molecule has 14 heavy (non-hydrogen) atoms. The van der Waals surface area contributed by atoms with Crippen molar-refractivity contribution in [2.24, 2.45) is 0 Å². The molecule has 0 spiro atoms. The van der Waals surface area contributed by atoms with Crippen molar-refractivity contribution in [2.45, 2.75) is 38.8 Å². The number of nitrogens with one attached hydrogen (secondary N) is 1. The maximum Gasteiger partial charge on any atom is 0.0667 e. The van der Waals surface area contributed by atoms with Gasteiger partial charge in [0, 0.05) is 26.2 Å². The Kier molecular flexibility index (Phi) is 5.45. The van der Waals surface area contributed by atoms with Crippen LogP contribution in [0.1, 0.15) is 26.7 Å². The van der Waals surface area contributed by atoms with Crippen LogP contribution in [0.2, 0.25) is 0 Å². The van der Waals surface area contributed by atoms with E-state index in [9.17, 15) is 0 Å². The molecule has 3 heteroatoms.